The number of carbonyl (C=O) groups excluding carboxylic acids is 1. The number of carbonyl (C=O) groups is 1. The van der Waals surface area contributed by atoms with E-state index in [0.29, 0.717) is 0 Å². The fourth-order valence-corrected chi connectivity index (χ4v) is 0.787. The third-order valence-corrected chi connectivity index (χ3v) is 1.47. The first-order chi connectivity index (χ1) is 6.22. The smallest absolute Gasteiger partial charge is 0.267 e. The largest absolute Gasteiger partial charge is 0.288 e. The van der Waals surface area contributed by atoms with Crippen molar-refractivity contribution in [2.45, 2.75) is 6.92 Å². The summed E-state index contributed by atoms with van der Waals surface area (Å²) in [6.45, 7) is 1.88. The summed E-state index contributed by atoms with van der Waals surface area (Å²) in [4.78, 5) is 14.6. The van der Waals surface area contributed by atoms with Crippen LogP contribution in [0.3, 0.4) is 0 Å². The maximum absolute atomic E-state index is 10.6. The zero-order valence-electron chi connectivity index (χ0n) is 7.19. The van der Waals surface area contributed by atoms with Gasteiger partial charge in [0.25, 0.3) is 5.91 Å². The van der Waals surface area contributed by atoms with Crippen LogP contribution in [0, 0.1) is 6.92 Å². The lowest BCUT2D eigenvalue weighted by atomic mass is 10.2. The molecule has 2 N–H and O–H groups in total. The molecular formula is C9H10N2O2. The van der Waals surface area contributed by atoms with Crippen molar-refractivity contribution in [2.75, 3.05) is 0 Å². The lowest BCUT2D eigenvalue weighted by Crippen LogP contribution is -2.14. The van der Waals surface area contributed by atoms with Gasteiger partial charge in [0.05, 0.1) is 0 Å². The molecule has 1 rings (SSSR count). The van der Waals surface area contributed by atoms with Crippen molar-refractivity contribution in [3.8, 4) is 0 Å². The van der Waals surface area contributed by atoms with E-state index in [-0.39, 0.29) is 0 Å². The van der Waals surface area contributed by atoms with Gasteiger partial charge in [-0.05, 0) is 24.6 Å². The van der Waals surface area contributed by atoms with Crippen LogP contribution >= 0.6 is 0 Å². The summed E-state index contributed by atoms with van der Waals surface area (Å²) in [7, 11) is 0. The quantitative estimate of drug-likeness (QED) is 0.402. The summed E-state index contributed by atoms with van der Waals surface area (Å²) >= 11 is 0. The van der Waals surface area contributed by atoms with Gasteiger partial charge in [0.1, 0.15) is 0 Å². The molecule has 4 heteroatoms. The second-order valence-electron chi connectivity index (χ2n) is 2.54. The van der Waals surface area contributed by atoms with Gasteiger partial charge in [-0.1, -0.05) is 6.07 Å². The Morgan fingerprint density at radius 2 is 2.38 bits per heavy atom. The van der Waals surface area contributed by atoms with Crippen molar-refractivity contribution < 1.29 is 10.0 Å². The van der Waals surface area contributed by atoms with Gasteiger partial charge in [-0.15, -0.1) is 0 Å². The molecule has 0 radical (unpaired) electrons. The Hall–Kier alpha value is -1.68. The molecule has 0 unspecified atom stereocenters. The van der Waals surface area contributed by atoms with E-state index >= 15 is 0 Å². The summed E-state index contributed by atoms with van der Waals surface area (Å²) in [6, 6.07) is 3.68. The Labute approximate surface area is 75.9 Å². The average Bonchev–Trinajstić information content (AvgIpc) is 2.16. The number of rotatable bonds is 2. The molecule has 0 spiro atoms. The van der Waals surface area contributed by atoms with Gasteiger partial charge in [0.2, 0.25) is 0 Å². The molecule has 0 aliphatic heterocycles. The normalized spacial score (nSPS) is 10.3. The molecule has 0 saturated carbocycles. The third-order valence-electron chi connectivity index (χ3n) is 1.47. The van der Waals surface area contributed by atoms with Gasteiger partial charge < -0.3 is 0 Å². The molecule has 1 heterocycles. The molecule has 4 nitrogen and oxygen atoms in total. The molecule has 1 amide bonds. The maximum Gasteiger partial charge on any atom is 0.267 e. The zero-order chi connectivity index (χ0) is 9.68. The van der Waals surface area contributed by atoms with E-state index < -0.39 is 5.91 Å². The first-order valence-electron chi connectivity index (χ1n) is 3.77. The van der Waals surface area contributed by atoms with Crippen molar-refractivity contribution in [1.29, 1.82) is 0 Å². The second-order valence-corrected chi connectivity index (χ2v) is 2.54. The van der Waals surface area contributed by atoms with E-state index in [1.807, 2.05) is 19.1 Å². The predicted octanol–water partition coefficient (Wildman–Crippen LogP) is 0.909. The molecular weight excluding hydrogens is 168 g/mol. The SMILES string of the molecule is Cc1ccc(/C=C/C(=O)NO)cn1. The van der Waals surface area contributed by atoms with E-state index in [0.717, 1.165) is 11.3 Å². The molecule has 0 aromatic carbocycles. The summed E-state index contributed by atoms with van der Waals surface area (Å²) in [5.74, 6) is -0.555. The highest BCUT2D eigenvalue weighted by molar-refractivity contribution is 5.90. The van der Waals surface area contributed by atoms with Crippen LogP contribution in [0.5, 0.6) is 0 Å². The van der Waals surface area contributed by atoms with Crippen LogP contribution in [0.4, 0.5) is 0 Å². The van der Waals surface area contributed by atoms with Crippen LogP contribution in [0.1, 0.15) is 11.3 Å². The van der Waals surface area contributed by atoms with Crippen LogP contribution in [0.2, 0.25) is 0 Å². The molecule has 0 bridgehead atoms. The Bertz CT molecular complexity index is 317. The minimum Gasteiger partial charge on any atom is -0.288 e. The second kappa shape index (κ2) is 4.37. The number of aromatic nitrogens is 1. The number of aryl methyl sites for hydroxylation is 1. The first kappa shape index (κ1) is 9.41. The monoisotopic (exact) mass is 178 g/mol. The van der Waals surface area contributed by atoms with Crippen molar-refractivity contribution in [3.63, 3.8) is 0 Å². The molecule has 0 fully saturated rings. The highest BCUT2D eigenvalue weighted by Gasteiger charge is 1.91. The van der Waals surface area contributed by atoms with Crippen LogP contribution in [-0.4, -0.2) is 16.1 Å². The molecule has 1 aromatic heterocycles. The number of pyridine rings is 1. The number of nitrogens with one attached hydrogen (secondary N) is 1. The van der Waals surface area contributed by atoms with Gasteiger partial charge in [-0.2, -0.15) is 0 Å². The molecule has 1 aromatic rings. The molecule has 0 aliphatic carbocycles. The van der Waals surface area contributed by atoms with E-state index in [4.69, 9.17) is 5.21 Å². The summed E-state index contributed by atoms with van der Waals surface area (Å²) in [5, 5.41) is 8.19. The van der Waals surface area contributed by atoms with Gasteiger partial charge in [0.15, 0.2) is 0 Å². The van der Waals surface area contributed by atoms with E-state index in [1.165, 1.54) is 11.6 Å². The fourth-order valence-electron chi connectivity index (χ4n) is 0.787. The number of hydrogen-bond acceptors (Lipinski definition) is 3. The topological polar surface area (TPSA) is 62.2 Å². The van der Waals surface area contributed by atoms with Crippen LogP contribution in [-0.2, 0) is 4.79 Å². The Balaban J connectivity index is 2.69. The molecule has 0 saturated heterocycles. The fraction of sp³-hybridized carbons (Fsp3) is 0.111. The van der Waals surface area contributed by atoms with Gasteiger partial charge in [-0.25, -0.2) is 5.48 Å². The summed E-state index contributed by atoms with van der Waals surface area (Å²) < 4.78 is 0. The summed E-state index contributed by atoms with van der Waals surface area (Å²) in [6.07, 6.45) is 4.45. The van der Waals surface area contributed by atoms with Gasteiger partial charge in [-0.3, -0.25) is 15.0 Å². The minimum absolute atomic E-state index is 0.555. The van der Waals surface area contributed by atoms with Crippen molar-refractivity contribution >= 4 is 12.0 Å². The standard InChI is InChI=1S/C9H10N2O2/c1-7-2-3-8(6-10-7)4-5-9(12)11-13/h2-6,13H,1H3,(H,11,12)/b5-4+. The molecule has 0 atom stereocenters. The predicted molar refractivity (Wildman–Crippen MR) is 47.9 cm³/mol. The summed E-state index contributed by atoms with van der Waals surface area (Å²) in [5.41, 5.74) is 3.23. The Kier molecular flexibility index (Phi) is 3.16. The number of hydrogen-bond donors (Lipinski definition) is 2. The van der Waals surface area contributed by atoms with Crippen LogP contribution in [0.15, 0.2) is 24.4 Å². The zero-order valence-corrected chi connectivity index (χ0v) is 7.19. The molecule has 68 valence electrons. The lowest BCUT2D eigenvalue weighted by Gasteiger charge is -1.93. The first-order valence-corrected chi connectivity index (χ1v) is 3.77. The van der Waals surface area contributed by atoms with Gasteiger partial charge >= 0.3 is 0 Å². The van der Waals surface area contributed by atoms with Gasteiger partial charge in [0, 0.05) is 18.0 Å². The number of amides is 1. The lowest BCUT2D eigenvalue weighted by molar-refractivity contribution is -0.124. The highest BCUT2D eigenvalue weighted by Crippen LogP contribution is 2.00. The van der Waals surface area contributed by atoms with E-state index in [9.17, 15) is 4.79 Å². The Morgan fingerprint density at radius 1 is 1.62 bits per heavy atom. The van der Waals surface area contributed by atoms with E-state index in [1.54, 1.807) is 12.3 Å². The van der Waals surface area contributed by atoms with Crippen molar-refractivity contribution in [1.82, 2.24) is 10.5 Å². The number of hydroxylamine groups is 1. The third kappa shape index (κ3) is 3.04. The highest BCUT2D eigenvalue weighted by atomic mass is 16.5. The van der Waals surface area contributed by atoms with Crippen LogP contribution < -0.4 is 5.48 Å². The number of nitrogens with zero attached hydrogens (tertiary/aromatic N) is 1. The maximum atomic E-state index is 10.6. The minimum atomic E-state index is -0.555. The van der Waals surface area contributed by atoms with E-state index in [2.05, 4.69) is 4.98 Å². The van der Waals surface area contributed by atoms with Crippen molar-refractivity contribution in [2.24, 2.45) is 0 Å². The molecule has 0 aliphatic rings. The van der Waals surface area contributed by atoms with Crippen molar-refractivity contribution in [3.05, 3.63) is 35.7 Å². The Morgan fingerprint density at radius 3 is 2.92 bits per heavy atom. The average molecular weight is 178 g/mol. The molecule has 13 heavy (non-hydrogen) atoms. The van der Waals surface area contributed by atoms with Crippen LogP contribution in [0.25, 0.3) is 6.08 Å².